The third kappa shape index (κ3) is 2.91. The Morgan fingerprint density at radius 3 is 2.71 bits per heavy atom. The molecule has 0 N–H and O–H groups in total. The van der Waals surface area contributed by atoms with E-state index in [-0.39, 0.29) is 5.82 Å². The largest absolute Gasteiger partial charge is 0.236 e. The zero-order valence-electron chi connectivity index (χ0n) is 11.1. The van der Waals surface area contributed by atoms with Crippen molar-refractivity contribution in [3.63, 3.8) is 0 Å². The maximum atomic E-state index is 14.2. The van der Waals surface area contributed by atoms with Gasteiger partial charge in [-0.3, -0.25) is 0 Å². The van der Waals surface area contributed by atoms with Crippen LogP contribution in [0.25, 0.3) is 21.8 Å². The maximum Gasteiger partial charge on any atom is 0.134 e. The Labute approximate surface area is 139 Å². The fourth-order valence-corrected chi connectivity index (χ4v) is 4.11. The summed E-state index contributed by atoms with van der Waals surface area (Å²) in [6.07, 6.45) is 1.95. The van der Waals surface area contributed by atoms with Crippen molar-refractivity contribution < 1.29 is 4.39 Å². The second-order valence-corrected chi connectivity index (χ2v) is 6.90. The van der Waals surface area contributed by atoms with Crippen LogP contribution in [0.1, 0.15) is 0 Å². The molecule has 3 aromatic rings. The molecular formula is C16H11BrFNS2. The molecule has 2 aromatic carbocycles. The minimum absolute atomic E-state index is 0.227. The van der Waals surface area contributed by atoms with Gasteiger partial charge in [-0.15, -0.1) is 23.1 Å². The molecule has 1 nitrogen and oxygen atoms in total. The van der Waals surface area contributed by atoms with Crippen molar-refractivity contribution in [1.29, 1.82) is 0 Å². The van der Waals surface area contributed by atoms with Crippen LogP contribution in [-0.2, 0) is 0 Å². The van der Waals surface area contributed by atoms with E-state index in [1.54, 1.807) is 6.07 Å². The van der Waals surface area contributed by atoms with Gasteiger partial charge in [-0.2, -0.15) is 0 Å². The smallest absolute Gasteiger partial charge is 0.134 e. The van der Waals surface area contributed by atoms with Gasteiger partial charge in [0.05, 0.1) is 11.3 Å². The van der Waals surface area contributed by atoms with Gasteiger partial charge in [-0.25, -0.2) is 9.37 Å². The van der Waals surface area contributed by atoms with Crippen molar-refractivity contribution in [1.82, 2.24) is 4.98 Å². The van der Waals surface area contributed by atoms with E-state index >= 15 is 0 Å². The summed E-state index contributed by atoms with van der Waals surface area (Å²) in [4.78, 5) is 5.52. The molecule has 0 saturated carbocycles. The number of hydrogen-bond donors (Lipinski definition) is 0. The van der Waals surface area contributed by atoms with Crippen LogP contribution in [0.15, 0.2) is 57.2 Å². The Morgan fingerprint density at radius 2 is 1.95 bits per heavy atom. The van der Waals surface area contributed by atoms with E-state index in [1.807, 2.05) is 42.0 Å². The monoisotopic (exact) mass is 379 g/mol. The van der Waals surface area contributed by atoms with Crippen molar-refractivity contribution in [2.75, 3.05) is 6.26 Å². The van der Waals surface area contributed by atoms with Crippen LogP contribution in [0.4, 0.5) is 4.39 Å². The number of hydrogen-bond acceptors (Lipinski definition) is 3. The first-order valence-electron chi connectivity index (χ1n) is 6.24. The lowest BCUT2D eigenvalue weighted by Crippen LogP contribution is -1.87. The zero-order chi connectivity index (χ0) is 14.8. The Hall–Kier alpha value is -1.17. The average Bonchev–Trinajstić information content (AvgIpc) is 2.96. The molecule has 106 valence electrons. The predicted octanol–water partition coefficient (Wildman–Crippen LogP) is 6.10. The summed E-state index contributed by atoms with van der Waals surface area (Å²) < 4.78 is 15.1. The first-order valence-corrected chi connectivity index (χ1v) is 9.13. The number of halogens is 2. The normalized spacial score (nSPS) is 10.8. The first kappa shape index (κ1) is 14.8. The van der Waals surface area contributed by atoms with Gasteiger partial charge in [0.25, 0.3) is 0 Å². The van der Waals surface area contributed by atoms with Crippen molar-refractivity contribution >= 4 is 39.0 Å². The summed E-state index contributed by atoms with van der Waals surface area (Å²) in [7, 11) is 0. The third-order valence-corrected chi connectivity index (χ3v) is 5.39. The van der Waals surface area contributed by atoms with Crippen LogP contribution < -0.4 is 0 Å². The van der Waals surface area contributed by atoms with Crippen molar-refractivity contribution in [2.24, 2.45) is 0 Å². The van der Waals surface area contributed by atoms with E-state index in [1.165, 1.54) is 29.2 Å². The maximum absolute atomic E-state index is 14.2. The number of aromatic nitrogens is 1. The van der Waals surface area contributed by atoms with Crippen molar-refractivity contribution in [3.8, 4) is 21.8 Å². The van der Waals surface area contributed by atoms with Crippen LogP contribution in [0.3, 0.4) is 0 Å². The van der Waals surface area contributed by atoms with E-state index in [0.717, 1.165) is 20.6 Å². The summed E-state index contributed by atoms with van der Waals surface area (Å²) in [6.45, 7) is 0. The van der Waals surface area contributed by atoms with E-state index in [9.17, 15) is 4.39 Å². The summed E-state index contributed by atoms with van der Waals surface area (Å²) >= 11 is 6.52. The Morgan fingerprint density at radius 1 is 1.14 bits per heavy atom. The highest BCUT2D eigenvalue weighted by Crippen LogP contribution is 2.37. The van der Waals surface area contributed by atoms with Crippen LogP contribution in [0.2, 0.25) is 0 Å². The van der Waals surface area contributed by atoms with Crippen molar-refractivity contribution in [3.05, 3.63) is 58.1 Å². The highest BCUT2D eigenvalue weighted by molar-refractivity contribution is 9.10. The molecule has 0 amide bonds. The molecule has 0 aliphatic rings. The van der Waals surface area contributed by atoms with E-state index < -0.39 is 0 Å². The zero-order valence-corrected chi connectivity index (χ0v) is 14.4. The SMILES string of the molecule is CSc1cccc(F)c1-c1nc(-c2ccccc2Br)cs1. The Balaban J connectivity index is 2.10. The fourth-order valence-electron chi connectivity index (χ4n) is 2.06. The van der Waals surface area contributed by atoms with Crippen LogP contribution >= 0.6 is 39.0 Å². The van der Waals surface area contributed by atoms with Crippen LogP contribution in [-0.4, -0.2) is 11.2 Å². The number of thiazole rings is 1. The molecule has 3 rings (SSSR count). The van der Waals surface area contributed by atoms with Crippen LogP contribution in [0.5, 0.6) is 0 Å². The van der Waals surface area contributed by atoms with E-state index in [0.29, 0.717) is 10.6 Å². The molecule has 5 heteroatoms. The molecule has 0 atom stereocenters. The molecule has 0 spiro atoms. The minimum Gasteiger partial charge on any atom is -0.236 e. The average molecular weight is 380 g/mol. The summed E-state index contributed by atoms with van der Waals surface area (Å²) in [6, 6.07) is 13.0. The number of benzene rings is 2. The third-order valence-electron chi connectivity index (χ3n) is 3.06. The standard InChI is InChI=1S/C16H11BrFNS2/c1-20-14-8-4-7-12(18)15(14)16-19-13(9-21-16)10-5-2-3-6-11(10)17/h2-9H,1H3. The van der Waals surface area contributed by atoms with Gasteiger partial charge >= 0.3 is 0 Å². The van der Waals surface area contributed by atoms with Crippen LogP contribution in [0, 0.1) is 5.82 Å². The van der Waals surface area contributed by atoms with Gasteiger partial charge in [-0.05, 0) is 24.5 Å². The Kier molecular flexibility index (Phi) is 4.42. The molecule has 21 heavy (non-hydrogen) atoms. The molecule has 0 unspecified atom stereocenters. The molecule has 0 saturated heterocycles. The van der Waals surface area contributed by atoms with Gasteiger partial charge in [0.2, 0.25) is 0 Å². The second-order valence-electron chi connectivity index (χ2n) is 4.33. The lowest BCUT2D eigenvalue weighted by Gasteiger charge is -2.05. The van der Waals surface area contributed by atoms with Gasteiger partial charge in [0.15, 0.2) is 0 Å². The van der Waals surface area contributed by atoms with Gasteiger partial charge in [-0.1, -0.05) is 40.2 Å². The number of nitrogens with zero attached hydrogens (tertiary/aromatic N) is 1. The lowest BCUT2D eigenvalue weighted by atomic mass is 10.2. The molecule has 0 radical (unpaired) electrons. The highest BCUT2D eigenvalue weighted by atomic mass is 79.9. The highest BCUT2D eigenvalue weighted by Gasteiger charge is 2.15. The number of rotatable bonds is 3. The van der Waals surface area contributed by atoms with E-state index in [4.69, 9.17) is 0 Å². The van der Waals surface area contributed by atoms with Gasteiger partial charge in [0, 0.05) is 20.3 Å². The molecule has 1 heterocycles. The molecule has 0 aliphatic heterocycles. The summed E-state index contributed by atoms with van der Waals surface area (Å²) in [5.41, 5.74) is 2.47. The molecule has 0 aliphatic carbocycles. The topological polar surface area (TPSA) is 12.9 Å². The predicted molar refractivity (Wildman–Crippen MR) is 92.4 cm³/mol. The molecule has 1 aromatic heterocycles. The number of thioether (sulfide) groups is 1. The molecule has 0 fully saturated rings. The minimum atomic E-state index is -0.227. The van der Waals surface area contributed by atoms with Gasteiger partial charge < -0.3 is 0 Å². The second kappa shape index (κ2) is 6.30. The molecule has 0 bridgehead atoms. The summed E-state index contributed by atoms with van der Waals surface area (Å²) in [5.74, 6) is -0.227. The lowest BCUT2D eigenvalue weighted by molar-refractivity contribution is 0.628. The fraction of sp³-hybridized carbons (Fsp3) is 0.0625. The summed E-state index contributed by atoms with van der Waals surface area (Å²) in [5, 5.41) is 2.68. The van der Waals surface area contributed by atoms with E-state index in [2.05, 4.69) is 20.9 Å². The van der Waals surface area contributed by atoms with Crippen molar-refractivity contribution in [2.45, 2.75) is 4.90 Å². The Bertz CT molecular complexity index is 785. The quantitative estimate of drug-likeness (QED) is 0.509. The first-order chi connectivity index (χ1) is 10.2. The van der Waals surface area contributed by atoms with Gasteiger partial charge in [0.1, 0.15) is 10.8 Å². The molecular weight excluding hydrogens is 369 g/mol.